The molecule has 1 aliphatic heterocycles. The molecule has 7 nitrogen and oxygen atoms in total. The first-order valence-corrected chi connectivity index (χ1v) is 9.40. The van der Waals surface area contributed by atoms with E-state index in [2.05, 4.69) is 15.5 Å². The summed E-state index contributed by atoms with van der Waals surface area (Å²) in [7, 11) is 0. The third-order valence-corrected chi connectivity index (χ3v) is 3.70. The van der Waals surface area contributed by atoms with E-state index >= 15 is 0 Å². The number of unbranched alkanes of at least 4 members (excludes halogenated alkanes) is 3. The average Bonchev–Trinajstić information content (AvgIpc) is 3.34. The molecule has 1 N–H and O–H groups in total. The van der Waals surface area contributed by atoms with Gasteiger partial charge < -0.3 is 19.5 Å². The van der Waals surface area contributed by atoms with Gasteiger partial charge in [0, 0.05) is 25.1 Å². The summed E-state index contributed by atoms with van der Waals surface area (Å²) in [6.45, 7) is 5.71. The van der Waals surface area contributed by atoms with Gasteiger partial charge in [-0.3, -0.25) is 4.79 Å². The molecule has 1 aliphatic rings. The third kappa shape index (κ3) is 13.9. The summed E-state index contributed by atoms with van der Waals surface area (Å²) < 4.78 is 16.2. The Balaban J connectivity index is 1.73. The molecule has 0 unspecified atom stereocenters. The smallest absolute Gasteiger partial charge is 0.243 e. The molecule has 0 radical (unpaired) electrons. The summed E-state index contributed by atoms with van der Waals surface area (Å²) in [4.78, 5) is 11.5. The standard InChI is InChI=1S/C17H30ClN3O4/c1-17(20-21-17)7-6-16(22)19-9-11-24-13-15-25-14-12-23-10-5-3-2-4-8-18/h6-7H,2-5,8-15H2,1H3,(H,19,22). The van der Waals surface area contributed by atoms with Crippen LogP contribution in [-0.4, -0.2) is 63.6 Å². The van der Waals surface area contributed by atoms with Crippen molar-refractivity contribution in [1.29, 1.82) is 0 Å². The molecule has 0 aromatic carbocycles. The van der Waals surface area contributed by atoms with Gasteiger partial charge in [0.2, 0.25) is 11.6 Å². The van der Waals surface area contributed by atoms with Gasteiger partial charge in [0.1, 0.15) is 0 Å². The first-order valence-electron chi connectivity index (χ1n) is 8.86. The number of rotatable bonds is 17. The van der Waals surface area contributed by atoms with Crippen LogP contribution in [0.5, 0.6) is 0 Å². The molecule has 1 heterocycles. The van der Waals surface area contributed by atoms with Crippen molar-refractivity contribution in [2.75, 3.05) is 52.1 Å². The molecule has 1 amide bonds. The monoisotopic (exact) mass is 375 g/mol. The van der Waals surface area contributed by atoms with Gasteiger partial charge in [-0.1, -0.05) is 12.8 Å². The first-order chi connectivity index (χ1) is 12.2. The number of alkyl halides is 1. The maximum Gasteiger partial charge on any atom is 0.243 e. The molecule has 0 atom stereocenters. The summed E-state index contributed by atoms with van der Waals surface area (Å²) in [5, 5.41) is 10.3. The Morgan fingerprint density at radius 3 is 2.20 bits per heavy atom. The molecule has 0 aromatic rings. The Hall–Kier alpha value is -1.02. The van der Waals surface area contributed by atoms with E-state index in [9.17, 15) is 4.79 Å². The fourth-order valence-corrected chi connectivity index (χ4v) is 2.07. The normalized spacial score (nSPS) is 15.0. The molecule has 0 saturated heterocycles. The topological polar surface area (TPSA) is 81.5 Å². The Morgan fingerprint density at radius 2 is 1.56 bits per heavy atom. The zero-order chi connectivity index (χ0) is 18.2. The fraction of sp³-hybridized carbons (Fsp3) is 0.824. The van der Waals surface area contributed by atoms with E-state index in [1.54, 1.807) is 6.08 Å². The highest BCUT2D eigenvalue weighted by molar-refractivity contribution is 6.17. The number of ether oxygens (including phenoxy) is 3. The van der Waals surface area contributed by atoms with Crippen LogP contribution in [0.15, 0.2) is 22.4 Å². The molecule has 144 valence electrons. The summed E-state index contributed by atoms with van der Waals surface area (Å²) in [5.74, 6) is 0.575. The highest BCUT2D eigenvalue weighted by Gasteiger charge is 2.29. The maximum absolute atomic E-state index is 11.5. The van der Waals surface area contributed by atoms with Crippen molar-refractivity contribution in [2.24, 2.45) is 10.2 Å². The second kappa shape index (κ2) is 14.2. The van der Waals surface area contributed by atoms with E-state index in [1.807, 2.05) is 6.92 Å². The van der Waals surface area contributed by atoms with E-state index in [4.69, 9.17) is 25.8 Å². The number of hydrogen-bond acceptors (Lipinski definition) is 6. The van der Waals surface area contributed by atoms with Gasteiger partial charge in [-0.2, -0.15) is 10.2 Å². The van der Waals surface area contributed by atoms with Crippen LogP contribution in [0.1, 0.15) is 32.6 Å². The molecule has 0 aromatic heterocycles. The maximum atomic E-state index is 11.5. The van der Waals surface area contributed by atoms with Crippen LogP contribution in [0.2, 0.25) is 0 Å². The number of hydrogen-bond donors (Lipinski definition) is 1. The van der Waals surface area contributed by atoms with Crippen LogP contribution < -0.4 is 5.32 Å². The molecule has 0 bridgehead atoms. The number of nitrogens with one attached hydrogen (secondary N) is 1. The Kier molecular flexibility index (Phi) is 12.5. The van der Waals surface area contributed by atoms with Crippen LogP contribution in [0.4, 0.5) is 0 Å². The van der Waals surface area contributed by atoms with Gasteiger partial charge in [-0.15, -0.1) is 11.6 Å². The predicted molar refractivity (Wildman–Crippen MR) is 97.1 cm³/mol. The molecule has 1 rings (SSSR count). The van der Waals surface area contributed by atoms with Gasteiger partial charge in [0.15, 0.2) is 0 Å². The zero-order valence-corrected chi connectivity index (χ0v) is 15.8. The highest BCUT2D eigenvalue weighted by Crippen LogP contribution is 2.27. The van der Waals surface area contributed by atoms with Crippen molar-refractivity contribution in [3.8, 4) is 0 Å². The lowest BCUT2D eigenvalue weighted by Crippen LogP contribution is -2.26. The Labute approximate surface area is 155 Å². The van der Waals surface area contributed by atoms with Gasteiger partial charge in [-0.05, 0) is 25.8 Å². The van der Waals surface area contributed by atoms with E-state index in [0.29, 0.717) is 39.6 Å². The Bertz CT molecular complexity index is 413. The predicted octanol–water partition coefficient (Wildman–Crippen LogP) is 2.69. The summed E-state index contributed by atoms with van der Waals surface area (Å²) in [6, 6.07) is 0. The number of carbonyl (C=O) groups is 1. The second-order valence-electron chi connectivity index (χ2n) is 5.86. The summed E-state index contributed by atoms with van der Waals surface area (Å²) >= 11 is 5.61. The molecule has 0 fully saturated rings. The summed E-state index contributed by atoms with van der Waals surface area (Å²) in [5.41, 5.74) is -0.487. The number of halogens is 1. The lowest BCUT2D eigenvalue weighted by atomic mass is 10.2. The second-order valence-corrected chi connectivity index (χ2v) is 6.24. The SMILES string of the molecule is CC1(C=CC(=O)NCCOCCOCCOCCCCCCCl)N=N1. The van der Waals surface area contributed by atoms with Gasteiger partial charge in [0.05, 0.1) is 33.0 Å². The van der Waals surface area contributed by atoms with Crippen LogP contribution in [0, 0.1) is 0 Å². The van der Waals surface area contributed by atoms with Crippen molar-refractivity contribution in [3.05, 3.63) is 12.2 Å². The first kappa shape index (κ1) is 22.0. The molecular weight excluding hydrogens is 346 g/mol. The van der Waals surface area contributed by atoms with Crippen LogP contribution >= 0.6 is 11.6 Å². The minimum absolute atomic E-state index is 0.168. The molecule has 25 heavy (non-hydrogen) atoms. The minimum atomic E-state index is -0.487. The van der Waals surface area contributed by atoms with E-state index in [0.717, 1.165) is 31.7 Å². The molecule has 0 spiro atoms. The van der Waals surface area contributed by atoms with Gasteiger partial charge in [-0.25, -0.2) is 0 Å². The number of carbonyl (C=O) groups excluding carboxylic acids is 1. The van der Waals surface area contributed by atoms with Crippen LogP contribution in [0.25, 0.3) is 0 Å². The molecule has 8 heteroatoms. The average molecular weight is 376 g/mol. The quantitative estimate of drug-likeness (QED) is 0.241. The van der Waals surface area contributed by atoms with Crippen molar-refractivity contribution in [3.63, 3.8) is 0 Å². The van der Waals surface area contributed by atoms with E-state index in [1.165, 1.54) is 12.5 Å². The van der Waals surface area contributed by atoms with Crippen molar-refractivity contribution in [2.45, 2.75) is 38.3 Å². The number of amides is 1. The van der Waals surface area contributed by atoms with Crippen LogP contribution in [0.3, 0.4) is 0 Å². The van der Waals surface area contributed by atoms with Crippen molar-refractivity contribution < 1.29 is 19.0 Å². The van der Waals surface area contributed by atoms with E-state index in [-0.39, 0.29) is 5.91 Å². The lowest BCUT2D eigenvalue weighted by Gasteiger charge is -2.07. The summed E-state index contributed by atoms with van der Waals surface area (Å²) in [6.07, 6.45) is 7.60. The van der Waals surface area contributed by atoms with Gasteiger partial charge >= 0.3 is 0 Å². The zero-order valence-electron chi connectivity index (χ0n) is 15.0. The molecular formula is C17H30ClN3O4. The van der Waals surface area contributed by atoms with Crippen LogP contribution in [-0.2, 0) is 19.0 Å². The Morgan fingerprint density at radius 1 is 0.960 bits per heavy atom. The lowest BCUT2D eigenvalue weighted by molar-refractivity contribution is -0.116. The minimum Gasteiger partial charge on any atom is -0.379 e. The van der Waals surface area contributed by atoms with Crippen molar-refractivity contribution >= 4 is 17.5 Å². The third-order valence-electron chi connectivity index (χ3n) is 3.43. The highest BCUT2D eigenvalue weighted by atomic mass is 35.5. The van der Waals surface area contributed by atoms with Gasteiger partial charge in [0.25, 0.3) is 0 Å². The number of nitrogens with zero attached hydrogens (tertiary/aromatic N) is 2. The fourth-order valence-electron chi connectivity index (χ4n) is 1.88. The molecule has 0 saturated carbocycles. The largest absolute Gasteiger partial charge is 0.379 e. The van der Waals surface area contributed by atoms with Crippen molar-refractivity contribution in [1.82, 2.24) is 5.32 Å². The molecule has 0 aliphatic carbocycles. The van der Waals surface area contributed by atoms with E-state index < -0.39 is 5.66 Å².